The van der Waals surface area contributed by atoms with E-state index in [1.807, 2.05) is 0 Å². The second-order valence-electron chi connectivity index (χ2n) is 5.15. The van der Waals surface area contributed by atoms with Crippen molar-refractivity contribution in [2.45, 2.75) is 12.5 Å². The molecule has 0 aliphatic carbocycles. The zero-order valence-corrected chi connectivity index (χ0v) is 14.0. The molecule has 2 aromatic rings. The van der Waals surface area contributed by atoms with Gasteiger partial charge in [-0.25, -0.2) is 4.79 Å². The molecule has 7 nitrogen and oxygen atoms in total. The van der Waals surface area contributed by atoms with Crippen LogP contribution in [0.1, 0.15) is 15.9 Å². The Labute approximate surface area is 148 Å². The van der Waals surface area contributed by atoms with E-state index in [1.165, 1.54) is 25.3 Å². The summed E-state index contributed by atoms with van der Waals surface area (Å²) in [5.41, 5.74) is 0.523. The van der Waals surface area contributed by atoms with E-state index >= 15 is 0 Å². The fraction of sp³-hybridized carbons (Fsp3) is 0.176. The molecule has 2 rings (SSSR count). The van der Waals surface area contributed by atoms with Gasteiger partial charge in [-0.15, -0.1) is 0 Å². The maximum Gasteiger partial charge on any atom is 0.328 e. The van der Waals surface area contributed by atoms with E-state index in [0.717, 1.165) is 6.07 Å². The van der Waals surface area contributed by atoms with Crippen molar-refractivity contribution in [2.75, 3.05) is 7.11 Å². The van der Waals surface area contributed by atoms with Crippen molar-refractivity contribution in [1.82, 2.24) is 5.32 Å². The molecule has 1 amide bonds. The molecule has 0 unspecified atom stereocenters. The molecule has 0 aliphatic rings. The second-order valence-corrected chi connectivity index (χ2v) is 5.56. The largest absolute Gasteiger partial charge is 0.467 e. The molecule has 0 aromatic heterocycles. The molecule has 8 heteroatoms. The van der Waals surface area contributed by atoms with Crippen molar-refractivity contribution in [2.24, 2.45) is 0 Å². The maximum atomic E-state index is 12.4. The summed E-state index contributed by atoms with van der Waals surface area (Å²) >= 11 is 6.09. The van der Waals surface area contributed by atoms with Crippen molar-refractivity contribution in [3.05, 3.63) is 74.8 Å². The van der Waals surface area contributed by atoms with Gasteiger partial charge in [-0.05, 0) is 17.7 Å². The van der Waals surface area contributed by atoms with Crippen LogP contribution in [0, 0.1) is 10.1 Å². The molecule has 0 saturated heterocycles. The summed E-state index contributed by atoms with van der Waals surface area (Å²) in [5.74, 6) is -1.26. The van der Waals surface area contributed by atoms with Crippen LogP contribution in [-0.2, 0) is 16.0 Å². The number of non-ortho nitro benzene ring substituents is 1. The molecule has 1 N–H and O–H groups in total. The summed E-state index contributed by atoms with van der Waals surface area (Å²) in [6, 6.07) is 11.2. The Morgan fingerprint density at radius 1 is 1.24 bits per heavy atom. The monoisotopic (exact) mass is 362 g/mol. The average Bonchev–Trinajstić information content (AvgIpc) is 2.62. The van der Waals surface area contributed by atoms with E-state index in [0.29, 0.717) is 10.6 Å². The van der Waals surface area contributed by atoms with Gasteiger partial charge in [0.15, 0.2) is 0 Å². The standard InChI is InChI=1S/C17H15ClN2O5/c1-25-17(22)15(10-11-5-2-3-8-14(11)18)19-16(21)12-6-4-7-13(9-12)20(23)24/h2-9,15H,10H2,1H3,(H,19,21)/t15-/m1/s1. The van der Waals surface area contributed by atoms with Gasteiger partial charge in [-0.3, -0.25) is 14.9 Å². The smallest absolute Gasteiger partial charge is 0.328 e. The average molecular weight is 363 g/mol. The highest BCUT2D eigenvalue weighted by Gasteiger charge is 2.24. The minimum Gasteiger partial charge on any atom is -0.467 e. The number of nitrogens with zero attached hydrogens (tertiary/aromatic N) is 1. The van der Waals surface area contributed by atoms with E-state index in [-0.39, 0.29) is 17.7 Å². The highest BCUT2D eigenvalue weighted by Crippen LogP contribution is 2.18. The molecular weight excluding hydrogens is 348 g/mol. The molecule has 0 radical (unpaired) electrons. The Kier molecular flexibility index (Phi) is 6.08. The number of ether oxygens (including phenoxy) is 1. The Balaban J connectivity index is 2.21. The van der Waals surface area contributed by atoms with E-state index in [4.69, 9.17) is 16.3 Å². The number of carbonyl (C=O) groups is 2. The molecule has 0 saturated carbocycles. The molecule has 2 aromatic carbocycles. The lowest BCUT2D eigenvalue weighted by Gasteiger charge is -2.17. The van der Waals surface area contributed by atoms with Crippen LogP contribution in [0.4, 0.5) is 5.69 Å². The van der Waals surface area contributed by atoms with Crippen LogP contribution in [0.3, 0.4) is 0 Å². The maximum absolute atomic E-state index is 12.4. The van der Waals surface area contributed by atoms with E-state index in [1.54, 1.807) is 24.3 Å². The normalized spacial score (nSPS) is 11.4. The van der Waals surface area contributed by atoms with Gasteiger partial charge in [0.05, 0.1) is 12.0 Å². The Hall–Kier alpha value is -2.93. The molecule has 1 atom stereocenters. The lowest BCUT2D eigenvalue weighted by atomic mass is 10.1. The fourth-order valence-corrected chi connectivity index (χ4v) is 2.43. The fourth-order valence-electron chi connectivity index (χ4n) is 2.22. The van der Waals surface area contributed by atoms with Crippen molar-refractivity contribution in [3.8, 4) is 0 Å². The van der Waals surface area contributed by atoms with Crippen molar-refractivity contribution in [1.29, 1.82) is 0 Å². The number of nitro groups is 1. The summed E-state index contributed by atoms with van der Waals surface area (Å²) in [7, 11) is 1.21. The second kappa shape index (κ2) is 8.25. The first-order valence-electron chi connectivity index (χ1n) is 7.29. The summed E-state index contributed by atoms with van der Waals surface area (Å²) in [6.45, 7) is 0. The number of benzene rings is 2. The van der Waals surface area contributed by atoms with Gasteiger partial charge >= 0.3 is 5.97 Å². The molecule has 0 heterocycles. The number of halogens is 1. The number of esters is 1. The number of hydrogen-bond acceptors (Lipinski definition) is 5. The van der Waals surface area contributed by atoms with Crippen molar-refractivity contribution >= 4 is 29.2 Å². The van der Waals surface area contributed by atoms with E-state index in [9.17, 15) is 19.7 Å². The Morgan fingerprint density at radius 3 is 2.60 bits per heavy atom. The minimum absolute atomic E-state index is 0.0715. The van der Waals surface area contributed by atoms with Crippen LogP contribution in [-0.4, -0.2) is 30.0 Å². The van der Waals surface area contributed by atoms with E-state index < -0.39 is 22.8 Å². The number of rotatable bonds is 6. The van der Waals surface area contributed by atoms with Gasteiger partial charge in [0.1, 0.15) is 6.04 Å². The molecule has 0 aliphatic heterocycles. The third-order valence-corrected chi connectivity index (χ3v) is 3.86. The van der Waals surface area contributed by atoms with Crippen molar-refractivity contribution in [3.63, 3.8) is 0 Å². The number of hydrogen-bond donors (Lipinski definition) is 1. The van der Waals surface area contributed by atoms with Crippen LogP contribution in [0.15, 0.2) is 48.5 Å². The molecular formula is C17H15ClN2O5. The number of nitrogens with one attached hydrogen (secondary N) is 1. The third-order valence-electron chi connectivity index (χ3n) is 3.49. The molecule has 130 valence electrons. The molecule has 0 bridgehead atoms. The Bertz CT molecular complexity index is 809. The molecule has 0 spiro atoms. The van der Waals surface area contributed by atoms with E-state index in [2.05, 4.69) is 5.32 Å². The zero-order valence-electron chi connectivity index (χ0n) is 13.3. The van der Waals surface area contributed by atoms with Crippen LogP contribution in [0.2, 0.25) is 5.02 Å². The van der Waals surface area contributed by atoms with Gasteiger partial charge < -0.3 is 10.1 Å². The lowest BCUT2D eigenvalue weighted by molar-refractivity contribution is -0.384. The predicted molar refractivity (Wildman–Crippen MR) is 91.5 cm³/mol. The lowest BCUT2D eigenvalue weighted by Crippen LogP contribution is -2.43. The number of nitro benzene ring substituents is 1. The highest BCUT2D eigenvalue weighted by atomic mass is 35.5. The summed E-state index contributed by atoms with van der Waals surface area (Å²) in [5, 5.41) is 13.8. The van der Waals surface area contributed by atoms with Gasteiger partial charge in [-0.2, -0.15) is 0 Å². The first kappa shape index (κ1) is 18.4. The topological polar surface area (TPSA) is 98.5 Å². The van der Waals surface area contributed by atoms with Crippen LogP contribution >= 0.6 is 11.6 Å². The highest BCUT2D eigenvalue weighted by molar-refractivity contribution is 6.31. The quantitative estimate of drug-likeness (QED) is 0.484. The Morgan fingerprint density at radius 2 is 1.96 bits per heavy atom. The third kappa shape index (κ3) is 4.77. The predicted octanol–water partition coefficient (Wildman–Crippen LogP) is 2.76. The zero-order chi connectivity index (χ0) is 18.4. The number of methoxy groups -OCH3 is 1. The summed E-state index contributed by atoms with van der Waals surface area (Å²) < 4.78 is 4.72. The summed E-state index contributed by atoms with van der Waals surface area (Å²) in [6.07, 6.45) is 0.132. The van der Waals surface area contributed by atoms with Gasteiger partial charge in [0.2, 0.25) is 0 Å². The summed E-state index contributed by atoms with van der Waals surface area (Å²) in [4.78, 5) is 34.5. The first-order valence-corrected chi connectivity index (χ1v) is 7.66. The minimum atomic E-state index is -0.975. The van der Waals surface area contributed by atoms with Gasteiger partial charge in [0.25, 0.3) is 11.6 Å². The molecule has 25 heavy (non-hydrogen) atoms. The first-order chi connectivity index (χ1) is 11.9. The van der Waals surface area contributed by atoms with Crippen LogP contribution < -0.4 is 5.32 Å². The number of carbonyl (C=O) groups excluding carboxylic acids is 2. The van der Waals surface area contributed by atoms with Crippen molar-refractivity contribution < 1.29 is 19.2 Å². The van der Waals surface area contributed by atoms with Crippen LogP contribution in [0.25, 0.3) is 0 Å². The van der Waals surface area contributed by atoms with Gasteiger partial charge in [0, 0.05) is 29.1 Å². The van der Waals surface area contributed by atoms with Gasteiger partial charge in [-0.1, -0.05) is 35.9 Å². The van der Waals surface area contributed by atoms with Crippen LogP contribution in [0.5, 0.6) is 0 Å². The molecule has 0 fully saturated rings. The SMILES string of the molecule is COC(=O)[C@@H](Cc1ccccc1Cl)NC(=O)c1cccc([N+](=O)[O-])c1. The number of amides is 1.